The van der Waals surface area contributed by atoms with E-state index in [1.54, 1.807) is 36.7 Å². The van der Waals surface area contributed by atoms with E-state index in [9.17, 15) is 9.90 Å². The van der Waals surface area contributed by atoms with Gasteiger partial charge in [0.15, 0.2) is 0 Å². The molecule has 5 nitrogen and oxygen atoms in total. The molecule has 0 radical (unpaired) electrons. The molecule has 1 atom stereocenters. The quantitative estimate of drug-likeness (QED) is 0.818. The first-order chi connectivity index (χ1) is 11.5. The van der Waals surface area contributed by atoms with Gasteiger partial charge in [0.2, 0.25) is 0 Å². The van der Waals surface area contributed by atoms with E-state index in [-0.39, 0.29) is 11.8 Å². The minimum absolute atomic E-state index is 0.175. The molecule has 0 bridgehead atoms. The lowest BCUT2D eigenvalue weighted by Crippen LogP contribution is -2.28. The molecule has 0 saturated heterocycles. The molecule has 0 aliphatic carbocycles. The van der Waals surface area contributed by atoms with Gasteiger partial charge in [-0.05, 0) is 49.1 Å². The number of aryl methyl sites for hydroxylation is 1. The van der Waals surface area contributed by atoms with Gasteiger partial charge in [0, 0.05) is 24.5 Å². The molecule has 128 valence electrons. The number of hydrogen-bond acceptors (Lipinski definition) is 4. The van der Waals surface area contributed by atoms with Crippen LogP contribution in [0.1, 0.15) is 36.2 Å². The minimum atomic E-state index is -0.408. The number of nitrogens with zero attached hydrogens (tertiary/aromatic N) is 1. The highest BCUT2D eigenvalue weighted by molar-refractivity contribution is 5.94. The van der Waals surface area contributed by atoms with Gasteiger partial charge in [-0.2, -0.15) is 0 Å². The summed E-state index contributed by atoms with van der Waals surface area (Å²) in [5.74, 6) is 1.31. The number of pyridine rings is 1. The van der Waals surface area contributed by atoms with Gasteiger partial charge in [-0.3, -0.25) is 9.78 Å². The van der Waals surface area contributed by atoms with E-state index in [0.29, 0.717) is 30.0 Å². The number of aromatic nitrogens is 1. The summed E-state index contributed by atoms with van der Waals surface area (Å²) in [6.45, 7) is 6.27. The van der Waals surface area contributed by atoms with E-state index in [2.05, 4.69) is 10.3 Å². The van der Waals surface area contributed by atoms with Crippen molar-refractivity contribution in [2.75, 3.05) is 6.54 Å². The van der Waals surface area contributed by atoms with Crippen molar-refractivity contribution in [1.82, 2.24) is 10.3 Å². The van der Waals surface area contributed by atoms with E-state index in [1.807, 2.05) is 26.8 Å². The standard InChI is InChI=1S/C19H24N2O3/c1-13(2)17(22)8-11-21-19(23)15-5-4-14(3)18(12-15)24-16-6-9-20-10-7-16/h4-7,9-10,12-13,17,22H,8,11H2,1-3H3,(H,21,23). The van der Waals surface area contributed by atoms with Crippen LogP contribution in [0.25, 0.3) is 0 Å². The van der Waals surface area contributed by atoms with Crippen LogP contribution in [0.4, 0.5) is 0 Å². The van der Waals surface area contributed by atoms with Crippen molar-refractivity contribution < 1.29 is 14.6 Å². The predicted octanol–water partition coefficient (Wildman–Crippen LogP) is 3.32. The lowest BCUT2D eigenvalue weighted by molar-refractivity contribution is 0.0920. The average molecular weight is 328 g/mol. The van der Waals surface area contributed by atoms with Gasteiger partial charge < -0.3 is 15.2 Å². The number of hydrogen-bond donors (Lipinski definition) is 2. The van der Waals surface area contributed by atoms with Gasteiger partial charge in [0.25, 0.3) is 5.91 Å². The van der Waals surface area contributed by atoms with Gasteiger partial charge in [-0.25, -0.2) is 0 Å². The highest BCUT2D eigenvalue weighted by Crippen LogP contribution is 2.25. The summed E-state index contributed by atoms with van der Waals surface area (Å²) in [4.78, 5) is 16.2. The second-order valence-corrected chi connectivity index (χ2v) is 6.12. The SMILES string of the molecule is Cc1ccc(C(=O)NCCC(O)C(C)C)cc1Oc1ccncc1. The Balaban J connectivity index is 2.00. The number of carbonyl (C=O) groups is 1. The maximum atomic E-state index is 12.3. The van der Waals surface area contributed by atoms with Crippen LogP contribution in [0.15, 0.2) is 42.7 Å². The van der Waals surface area contributed by atoms with Crippen molar-refractivity contribution in [2.24, 2.45) is 5.92 Å². The Morgan fingerprint density at radius 2 is 1.96 bits per heavy atom. The molecule has 0 saturated carbocycles. The lowest BCUT2D eigenvalue weighted by Gasteiger charge is -2.15. The zero-order valence-electron chi connectivity index (χ0n) is 14.3. The number of carbonyl (C=O) groups excluding carboxylic acids is 1. The molecule has 2 aromatic rings. The van der Waals surface area contributed by atoms with Gasteiger partial charge in [-0.15, -0.1) is 0 Å². The Kier molecular flexibility index (Phi) is 6.32. The van der Waals surface area contributed by atoms with Crippen LogP contribution in [0.2, 0.25) is 0 Å². The van der Waals surface area contributed by atoms with Crippen LogP contribution < -0.4 is 10.1 Å². The van der Waals surface area contributed by atoms with Crippen LogP contribution in [-0.2, 0) is 0 Å². The summed E-state index contributed by atoms with van der Waals surface area (Å²) < 4.78 is 5.81. The molecule has 0 aliphatic heterocycles. The monoisotopic (exact) mass is 328 g/mol. The summed E-state index contributed by atoms with van der Waals surface area (Å²) in [5, 5.41) is 12.6. The number of ether oxygens (including phenoxy) is 1. The first kappa shape index (κ1) is 17.9. The number of amides is 1. The minimum Gasteiger partial charge on any atom is -0.457 e. The molecule has 24 heavy (non-hydrogen) atoms. The molecule has 2 N–H and O–H groups in total. The van der Waals surface area contributed by atoms with Crippen LogP contribution in [0, 0.1) is 12.8 Å². The van der Waals surface area contributed by atoms with Crippen molar-refractivity contribution in [2.45, 2.75) is 33.3 Å². The first-order valence-electron chi connectivity index (χ1n) is 8.12. The third-order valence-electron chi connectivity index (χ3n) is 3.82. The largest absolute Gasteiger partial charge is 0.457 e. The van der Waals surface area contributed by atoms with Crippen molar-refractivity contribution in [3.8, 4) is 11.5 Å². The molecule has 1 amide bonds. The summed E-state index contributed by atoms with van der Waals surface area (Å²) in [6.07, 6.45) is 3.44. The molecular formula is C19H24N2O3. The molecule has 5 heteroatoms. The first-order valence-corrected chi connectivity index (χ1v) is 8.12. The van der Waals surface area contributed by atoms with Crippen molar-refractivity contribution in [3.63, 3.8) is 0 Å². The molecule has 1 heterocycles. The Labute approximate surface area is 142 Å². The van der Waals surface area contributed by atoms with E-state index >= 15 is 0 Å². The van der Waals surface area contributed by atoms with Gasteiger partial charge in [0.05, 0.1) is 6.10 Å². The summed E-state index contributed by atoms with van der Waals surface area (Å²) >= 11 is 0. The Bertz CT molecular complexity index is 672. The zero-order valence-corrected chi connectivity index (χ0v) is 14.3. The fraction of sp³-hybridized carbons (Fsp3) is 0.368. The van der Waals surface area contributed by atoms with E-state index < -0.39 is 6.10 Å². The molecule has 1 aromatic heterocycles. The molecule has 2 rings (SSSR count). The van der Waals surface area contributed by atoms with E-state index in [0.717, 1.165) is 5.56 Å². The van der Waals surface area contributed by atoms with Crippen LogP contribution in [0.5, 0.6) is 11.5 Å². The van der Waals surface area contributed by atoms with Crippen LogP contribution in [0.3, 0.4) is 0 Å². The van der Waals surface area contributed by atoms with E-state index in [1.165, 1.54) is 0 Å². The highest BCUT2D eigenvalue weighted by atomic mass is 16.5. The van der Waals surface area contributed by atoms with Gasteiger partial charge in [-0.1, -0.05) is 19.9 Å². The second-order valence-electron chi connectivity index (χ2n) is 6.12. The Hall–Kier alpha value is -2.40. The highest BCUT2D eigenvalue weighted by Gasteiger charge is 2.12. The molecule has 0 spiro atoms. The fourth-order valence-corrected chi connectivity index (χ4v) is 2.15. The van der Waals surface area contributed by atoms with E-state index in [4.69, 9.17) is 4.74 Å². The zero-order chi connectivity index (χ0) is 17.5. The smallest absolute Gasteiger partial charge is 0.251 e. The average Bonchev–Trinajstić information content (AvgIpc) is 2.57. The topological polar surface area (TPSA) is 71.5 Å². The molecular weight excluding hydrogens is 304 g/mol. The van der Waals surface area contributed by atoms with Gasteiger partial charge in [0.1, 0.15) is 11.5 Å². The van der Waals surface area contributed by atoms with Crippen molar-refractivity contribution in [1.29, 1.82) is 0 Å². The number of benzene rings is 1. The number of aliphatic hydroxyl groups is 1. The van der Waals surface area contributed by atoms with Crippen molar-refractivity contribution in [3.05, 3.63) is 53.9 Å². The van der Waals surface area contributed by atoms with Crippen LogP contribution >= 0.6 is 0 Å². The Morgan fingerprint density at radius 1 is 1.25 bits per heavy atom. The fourth-order valence-electron chi connectivity index (χ4n) is 2.15. The summed E-state index contributed by atoms with van der Waals surface area (Å²) in [6, 6.07) is 8.88. The molecule has 1 unspecified atom stereocenters. The Morgan fingerprint density at radius 3 is 2.62 bits per heavy atom. The van der Waals surface area contributed by atoms with Crippen molar-refractivity contribution >= 4 is 5.91 Å². The number of rotatable bonds is 7. The van der Waals surface area contributed by atoms with Crippen LogP contribution in [-0.4, -0.2) is 28.6 Å². The summed E-state index contributed by atoms with van der Waals surface area (Å²) in [7, 11) is 0. The number of nitrogens with one attached hydrogen (secondary N) is 1. The predicted molar refractivity (Wildman–Crippen MR) is 93.3 cm³/mol. The normalized spacial score (nSPS) is 12.0. The molecule has 1 aromatic carbocycles. The maximum Gasteiger partial charge on any atom is 0.251 e. The van der Waals surface area contributed by atoms with Gasteiger partial charge >= 0.3 is 0 Å². The number of aliphatic hydroxyl groups excluding tert-OH is 1. The third kappa shape index (κ3) is 5.06. The third-order valence-corrected chi connectivity index (χ3v) is 3.82. The molecule has 0 aliphatic rings. The second kappa shape index (κ2) is 8.45. The lowest BCUT2D eigenvalue weighted by atomic mass is 10.0. The maximum absolute atomic E-state index is 12.3. The molecule has 0 fully saturated rings. The summed E-state index contributed by atoms with van der Waals surface area (Å²) in [5.41, 5.74) is 1.47.